The average Bonchev–Trinajstić information content (AvgIpc) is 2.88. The molecule has 4 rings (SSSR count). The van der Waals surface area contributed by atoms with Gasteiger partial charge in [-0.3, -0.25) is 14.5 Å². The fraction of sp³-hybridized carbons (Fsp3) is 0.294. The summed E-state index contributed by atoms with van der Waals surface area (Å²) < 4.78 is 0. The summed E-state index contributed by atoms with van der Waals surface area (Å²) in [6, 6.07) is 7.90. The summed E-state index contributed by atoms with van der Waals surface area (Å²) in [5.41, 5.74) is 3.92. The molecule has 20 heavy (non-hydrogen) atoms. The topological polar surface area (TPSA) is 37.4 Å². The van der Waals surface area contributed by atoms with Crippen LogP contribution in [0.4, 0.5) is 0 Å². The van der Waals surface area contributed by atoms with Gasteiger partial charge in [-0.1, -0.05) is 19.1 Å². The van der Waals surface area contributed by atoms with E-state index in [0.29, 0.717) is 17.7 Å². The molecule has 1 aliphatic carbocycles. The molecule has 3 nitrogen and oxygen atoms in total. The van der Waals surface area contributed by atoms with Crippen LogP contribution in [0.25, 0.3) is 10.8 Å². The van der Waals surface area contributed by atoms with Gasteiger partial charge in [0, 0.05) is 23.1 Å². The first-order valence-electron chi connectivity index (χ1n) is 7.16. The van der Waals surface area contributed by atoms with E-state index in [1.54, 1.807) is 0 Å². The summed E-state index contributed by atoms with van der Waals surface area (Å²) in [6.45, 7) is 2.47. The molecule has 2 aliphatic rings. The van der Waals surface area contributed by atoms with E-state index < -0.39 is 0 Å². The molecule has 0 spiro atoms. The molecule has 1 heterocycles. The van der Waals surface area contributed by atoms with Crippen LogP contribution in [-0.2, 0) is 12.8 Å². The number of rotatable bonds is 2. The molecule has 3 heteroatoms. The number of nitrogens with zero attached hydrogens (tertiary/aromatic N) is 1. The Morgan fingerprint density at radius 1 is 0.900 bits per heavy atom. The van der Waals surface area contributed by atoms with Crippen LogP contribution in [0.5, 0.6) is 0 Å². The molecule has 100 valence electrons. The lowest BCUT2D eigenvalue weighted by atomic mass is 9.91. The van der Waals surface area contributed by atoms with Crippen molar-refractivity contribution in [1.82, 2.24) is 4.90 Å². The molecule has 0 unspecified atom stereocenters. The highest BCUT2D eigenvalue weighted by atomic mass is 16.2. The van der Waals surface area contributed by atoms with Crippen molar-refractivity contribution in [3.8, 4) is 0 Å². The van der Waals surface area contributed by atoms with Crippen LogP contribution in [0, 0.1) is 0 Å². The number of amides is 2. The fourth-order valence-electron chi connectivity index (χ4n) is 3.50. The second kappa shape index (κ2) is 3.92. The van der Waals surface area contributed by atoms with E-state index in [1.807, 2.05) is 19.1 Å². The van der Waals surface area contributed by atoms with E-state index >= 15 is 0 Å². The summed E-state index contributed by atoms with van der Waals surface area (Å²) >= 11 is 0. The minimum Gasteiger partial charge on any atom is -0.274 e. The van der Waals surface area contributed by atoms with Crippen LogP contribution in [0.15, 0.2) is 24.3 Å². The first-order valence-corrected chi connectivity index (χ1v) is 7.16. The average molecular weight is 265 g/mol. The van der Waals surface area contributed by atoms with E-state index in [1.165, 1.54) is 16.0 Å². The van der Waals surface area contributed by atoms with Gasteiger partial charge in [0.1, 0.15) is 0 Å². The number of benzene rings is 2. The standard InChI is InChI=1S/C17H15NO2/c1-2-9-18-16(19)12-7-5-10-3-4-11-6-8-13(17(18)20)15(12)14(10)11/h5-8H,2-4,9H2,1H3. The minimum absolute atomic E-state index is 0.139. The minimum atomic E-state index is -0.139. The van der Waals surface area contributed by atoms with Crippen LogP contribution in [0.2, 0.25) is 0 Å². The molecule has 2 amide bonds. The summed E-state index contributed by atoms with van der Waals surface area (Å²) in [5, 5.41) is 2.04. The molecule has 2 aromatic rings. The van der Waals surface area contributed by atoms with Crippen molar-refractivity contribution in [2.24, 2.45) is 0 Å². The highest BCUT2D eigenvalue weighted by Crippen LogP contribution is 2.38. The Kier molecular flexibility index (Phi) is 2.28. The molecule has 0 radical (unpaired) electrons. The SMILES string of the molecule is CCCN1C(=O)c2ccc3c4c(ccc(c24)C1=O)CC3. The van der Waals surface area contributed by atoms with Crippen molar-refractivity contribution < 1.29 is 9.59 Å². The van der Waals surface area contributed by atoms with Gasteiger partial charge in [-0.05, 0) is 47.9 Å². The van der Waals surface area contributed by atoms with Crippen molar-refractivity contribution in [3.63, 3.8) is 0 Å². The zero-order valence-corrected chi connectivity index (χ0v) is 11.4. The summed E-state index contributed by atoms with van der Waals surface area (Å²) in [4.78, 5) is 26.5. The van der Waals surface area contributed by atoms with Crippen LogP contribution < -0.4 is 0 Å². The number of hydrogen-bond acceptors (Lipinski definition) is 2. The van der Waals surface area contributed by atoms with E-state index in [-0.39, 0.29) is 11.8 Å². The summed E-state index contributed by atoms with van der Waals surface area (Å²) in [5.74, 6) is -0.278. The lowest BCUT2D eigenvalue weighted by Crippen LogP contribution is -2.40. The van der Waals surface area contributed by atoms with Crippen molar-refractivity contribution in [2.45, 2.75) is 26.2 Å². The maximum Gasteiger partial charge on any atom is 0.261 e. The Morgan fingerprint density at radius 2 is 1.45 bits per heavy atom. The quantitative estimate of drug-likeness (QED) is 0.783. The predicted molar refractivity (Wildman–Crippen MR) is 77.0 cm³/mol. The third-order valence-corrected chi connectivity index (χ3v) is 4.40. The van der Waals surface area contributed by atoms with Gasteiger partial charge < -0.3 is 0 Å². The maximum atomic E-state index is 12.6. The Balaban J connectivity index is 2.08. The third kappa shape index (κ3) is 1.30. The zero-order valence-electron chi connectivity index (χ0n) is 11.4. The van der Waals surface area contributed by atoms with Crippen molar-refractivity contribution >= 4 is 22.6 Å². The molecular weight excluding hydrogens is 250 g/mol. The first kappa shape index (κ1) is 11.6. The van der Waals surface area contributed by atoms with Crippen molar-refractivity contribution in [1.29, 1.82) is 0 Å². The summed E-state index contributed by atoms with van der Waals surface area (Å²) in [6.07, 6.45) is 2.80. The molecule has 0 fully saturated rings. The van der Waals surface area contributed by atoms with Gasteiger partial charge in [0.25, 0.3) is 11.8 Å². The molecule has 2 aromatic carbocycles. The predicted octanol–water partition coefficient (Wildman–Crippen LogP) is 2.94. The van der Waals surface area contributed by atoms with Gasteiger partial charge in [0.05, 0.1) is 0 Å². The van der Waals surface area contributed by atoms with Gasteiger partial charge >= 0.3 is 0 Å². The molecule has 0 N–H and O–H groups in total. The van der Waals surface area contributed by atoms with Crippen LogP contribution in [0.1, 0.15) is 45.2 Å². The third-order valence-electron chi connectivity index (χ3n) is 4.40. The molecule has 0 saturated carbocycles. The Bertz CT molecular complexity index is 717. The Morgan fingerprint density at radius 3 is 1.95 bits per heavy atom. The number of carbonyl (C=O) groups excluding carboxylic acids is 2. The summed E-state index contributed by atoms with van der Waals surface area (Å²) in [7, 11) is 0. The Labute approximate surface area is 117 Å². The lowest BCUT2D eigenvalue weighted by molar-refractivity contribution is 0.0611. The van der Waals surface area contributed by atoms with Crippen molar-refractivity contribution in [2.75, 3.05) is 6.54 Å². The molecule has 0 aromatic heterocycles. The lowest BCUT2D eigenvalue weighted by Gasteiger charge is -2.27. The van der Waals surface area contributed by atoms with E-state index in [0.717, 1.165) is 30.0 Å². The van der Waals surface area contributed by atoms with E-state index in [9.17, 15) is 9.59 Å². The van der Waals surface area contributed by atoms with Crippen LogP contribution in [0.3, 0.4) is 0 Å². The molecule has 1 aliphatic heterocycles. The molecule has 0 atom stereocenters. The normalized spacial score (nSPS) is 16.4. The van der Waals surface area contributed by atoms with E-state index in [2.05, 4.69) is 12.1 Å². The van der Waals surface area contributed by atoms with Gasteiger partial charge in [0.2, 0.25) is 0 Å². The second-order valence-corrected chi connectivity index (χ2v) is 5.56. The largest absolute Gasteiger partial charge is 0.274 e. The smallest absolute Gasteiger partial charge is 0.261 e. The van der Waals surface area contributed by atoms with Gasteiger partial charge in [0.15, 0.2) is 0 Å². The molecular formula is C17H15NO2. The van der Waals surface area contributed by atoms with Crippen LogP contribution >= 0.6 is 0 Å². The zero-order chi connectivity index (χ0) is 13.9. The molecule has 0 bridgehead atoms. The first-order chi connectivity index (χ1) is 9.72. The fourth-order valence-corrected chi connectivity index (χ4v) is 3.50. The van der Waals surface area contributed by atoms with Gasteiger partial charge in [-0.2, -0.15) is 0 Å². The monoisotopic (exact) mass is 265 g/mol. The number of hydrogen-bond donors (Lipinski definition) is 0. The number of imide groups is 1. The molecule has 0 saturated heterocycles. The Hall–Kier alpha value is -2.16. The maximum absolute atomic E-state index is 12.6. The number of carbonyl (C=O) groups is 2. The van der Waals surface area contributed by atoms with Crippen molar-refractivity contribution in [3.05, 3.63) is 46.5 Å². The highest BCUT2D eigenvalue weighted by Gasteiger charge is 2.34. The van der Waals surface area contributed by atoms with Gasteiger partial charge in [-0.15, -0.1) is 0 Å². The van der Waals surface area contributed by atoms with Crippen LogP contribution in [-0.4, -0.2) is 23.3 Å². The second-order valence-electron chi connectivity index (χ2n) is 5.56. The van der Waals surface area contributed by atoms with Gasteiger partial charge in [-0.25, -0.2) is 0 Å². The van der Waals surface area contributed by atoms with E-state index in [4.69, 9.17) is 0 Å². The number of aryl methyl sites for hydroxylation is 2. The highest BCUT2D eigenvalue weighted by molar-refractivity contribution is 6.26.